The van der Waals surface area contributed by atoms with Gasteiger partial charge in [0.25, 0.3) is 0 Å². The maximum atomic E-state index is 7.74. The first-order valence-electron chi connectivity index (χ1n) is 4.55. The summed E-state index contributed by atoms with van der Waals surface area (Å²) < 4.78 is 7.74. The van der Waals surface area contributed by atoms with Crippen molar-refractivity contribution in [2.24, 2.45) is 17.8 Å². The first-order chi connectivity index (χ1) is 4.84. The van der Waals surface area contributed by atoms with Crippen LogP contribution in [0.15, 0.2) is 11.6 Å². The van der Waals surface area contributed by atoms with E-state index < -0.39 is 0 Å². The van der Waals surface area contributed by atoms with E-state index in [0.717, 1.165) is 17.8 Å². The third-order valence-corrected chi connectivity index (χ3v) is 3.27. The number of hydrogen-bond donors (Lipinski definition) is 0. The minimum absolute atomic E-state index is 0.174. The van der Waals surface area contributed by atoms with E-state index in [1.54, 1.807) is 5.57 Å². The highest BCUT2D eigenvalue weighted by Crippen LogP contribution is 2.56. The Morgan fingerprint density at radius 3 is 3.22 bits per heavy atom. The van der Waals surface area contributed by atoms with E-state index in [1.165, 1.54) is 19.3 Å². The van der Waals surface area contributed by atoms with Crippen LogP contribution in [0.25, 0.3) is 0 Å². The minimum Gasteiger partial charge on any atom is -0.0847 e. The molecule has 2 bridgehead atoms. The molecule has 0 aliphatic heterocycles. The van der Waals surface area contributed by atoms with Crippen molar-refractivity contribution in [3.63, 3.8) is 0 Å². The van der Waals surface area contributed by atoms with Crippen LogP contribution in [-0.2, 0) is 0 Å². The average Bonchev–Trinajstić information content (AvgIpc) is 2.44. The molecule has 3 unspecified atom stereocenters. The lowest BCUT2D eigenvalue weighted by atomic mass is 9.91. The van der Waals surface area contributed by atoms with Crippen LogP contribution in [0.3, 0.4) is 0 Å². The highest BCUT2D eigenvalue weighted by atomic mass is 14.5. The molecule has 9 heavy (non-hydrogen) atoms. The molecule has 3 rings (SSSR count). The van der Waals surface area contributed by atoms with E-state index in [1.807, 2.05) is 0 Å². The molecule has 0 amide bonds. The molecular formula is C9H12. The van der Waals surface area contributed by atoms with Gasteiger partial charge >= 0.3 is 0 Å². The monoisotopic (exact) mass is 121 g/mol. The van der Waals surface area contributed by atoms with Crippen LogP contribution in [0.4, 0.5) is 0 Å². The molecule has 48 valence electrons. The first-order valence-corrected chi connectivity index (χ1v) is 3.97. The summed E-state index contributed by atoms with van der Waals surface area (Å²) in [6.45, 7) is 0. The predicted octanol–water partition coefficient (Wildman–Crippen LogP) is 2.36. The lowest BCUT2D eigenvalue weighted by Crippen LogP contribution is -2.04. The van der Waals surface area contributed by atoms with Gasteiger partial charge < -0.3 is 0 Å². The summed E-state index contributed by atoms with van der Waals surface area (Å²) in [4.78, 5) is 0. The molecule has 0 aromatic heterocycles. The Kier molecular flexibility index (Phi) is 0.530. The highest BCUT2D eigenvalue weighted by Gasteiger charge is 2.44. The van der Waals surface area contributed by atoms with Crippen LogP contribution in [0.5, 0.6) is 0 Å². The maximum absolute atomic E-state index is 7.74. The maximum Gasteiger partial charge on any atom is 0.0313 e. The minimum atomic E-state index is 0.174. The Labute approximate surface area is 57.4 Å². The number of fused-ring (bicyclic) bond motifs is 1. The number of allylic oxidation sites excluding steroid dienone is 2. The molecule has 0 aromatic carbocycles. The zero-order valence-electron chi connectivity index (χ0n) is 6.51. The second-order valence-electron chi connectivity index (χ2n) is 3.75. The predicted molar refractivity (Wildman–Crippen MR) is 37.0 cm³/mol. The molecule has 3 aliphatic carbocycles. The van der Waals surface area contributed by atoms with Crippen molar-refractivity contribution >= 4 is 0 Å². The highest BCUT2D eigenvalue weighted by molar-refractivity contribution is 5.24. The Bertz CT molecular complexity index is 207. The normalized spacial score (nSPS) is 62.2. The first kappa shape index (κ1) is 3.80. The summed E-state index contributed by atoms with van der Waals surface area (Å²) in [5, 5.41) is 0. The van der Waals surface area contributed by atoms with Crippen LogP contribution < -0.4 is 0 Å². The molecule has 0 spiro atoms. The molecular weight excluding hydrogens is 108 g/mol. The Morgan fingerprint density at radius 2 is 2.56 bits per heavy atom. The molecule has 2 saturated carbocycles. The lowest BCUT2D eigenvalue weighted by Gasteiger charge is -2.14. The third kappa shape index (κ3) is 0.417. The van der Waals surface area contributed by atoms with Crippen molar-refractivity contribution in [2.45, 2.75) is 25.7 Å². The second-order valence-corrected chi connectivity index (χ2v) is 3.75. The molecule has 0 N–H and O–H groups in total. The largest absolute Gasteiger partial charge is 0.0847 e. The van der Waals surface area contributed by atoms with Crippen LogP contribution in [0.1, 0.15) is 27.0 Å². The summed E-state index contributed by atoms with van der Waals surface area (Å²) in [6, 6.07) is 0. The third-order valence-electron chi connectivity index (χ3n) is 3.27. The van der Waals surface area contributed by atoms with Gasteiger partial charge in [-0.3, -0.25) is 0 Å². The summed E-state index contributed by atoms with van der Waals surface area (Å²) in [7, 11) is 0. The van der Waals surface area contributed by atoms with Crippen molar-refractivity contribution in [2.75, 3.05) is 0 Å². The van der Waals surface area contributed by atoms with Crippen molar-refractivity contribution in [3.05, 3.63) is 11.6 Å². The fourth-order valence-corrected chi connectivity index (χ4v) is 2.91. The topological polar surface area (TPSA) is 0 Å². The smallest absolute Gasteiger partial charge is 0.0313 e. The molecule has 2 fully saturated rings. The number of hydrogen-bond acceptors (Lipinski definition) is 0. The molecule has 0 heterocycles. The summed E-state index contributed by atoms with van der Waals surface area (Å²) in [6.07, 6.45) is 6.52. The van der Waals surface area contributed by atoms with Crippen molar-refractivity contribution in [1.82, 2.24) is 0 Å². The van der Waals surface area contributed by atoms with Gasteiger partial charge in [0.1, 0.15) is 0 Å². The number of rotatable bonds is 0. The van der Waals surface area contributed by atoms with Gasteiger partial charge in [0.05, 0.1) is 0 Å². The van der Waals surface area contributed by atoms with E-state index in [4.69, 9.17) is 1.37 Å². The summed E-state index contributed by atoms with van der Waals surface area (Å²) in [5.74, 6) is 2.60. The van der Waals surface area contributed by atoms with Gasteiger partial charge in [0, 0.05) is 1.37 Å². The van der Waals surface area contributed by atoms with Gasteiger partial charge in [-0.25, -0.2) is 0 Å². The van der Waals surface area contributed by atoms with E-state index in [9.17, 15) is 0 Å². The van der Waals surface area contributed by atoms with Crippen molar-refractivity contribution in [3.8, 4) is 0 Å². The van der Waals surface area contributed by atoms with Gasteiger partial charge in [-0.1, -0.05) is 11.6 Å². The standard InChI is InChI=1S/C9H12/c1-2-8-4-6-3-7(1)9(8)5-6/h1,6,8-9H,2-5H2/i2D/t2-,6?,8?,9?/m1/s1. The molecule has 0 heteroatoms. The average molecular weight is 121 g/mol. The molecule has 0 nitrogen and oxygen atoms in total. The molecule has 4 atom stereocenters. The van der Waals surface area contributed by atoms with Gasteiger partial charge in [0.2, 0.25) is 0 Å². The van der Waals surface area contributed by atoms with Gasteiger partial charge in [-0.2, -0.15) is 0 Å². The van der Waals surface area contributed by atoms with E-state index in [0.29, 0.717) is 0 Å². The fraction of sp³-hybridized carbons (Fsp3) is 0.778. The van der Waals surface area contributed by atoms with Crippen LogP contribution in [-0.4, -0.2) is 0 Å². The summed E-state index contributed by atoms with van der Waals surface area (Å²) >= 11 is 0. The summed E-state index contributed by atoms with van der Waals surface area (Å²) in [5.41, 5.74) is 1.64. The quantitative estimate of drug-likeness (QED) is 0.431. The second kappa shape index (κ2) is 1.25. The van der Waals surface area contributed by atoms with E-state index >= 15 is 0 Å². The van der Waals surface area contributed by atoms with E-state index in [-0.39, 0.29) is 6.40 Å². The van der Waals surface area contributed by atoms with Crippen LogP contribution in [0, 0.1) is 17.8 Å². The Balaban J connectivity index is 2.08. The van der Waals surface area contributed by atoms with Gasteiger partial charge in [-0.15, -0.1) is 0 Å². The Morgan fingerprint density at radius 1 is 1.56 bits per heavy atom. The van der Waals surface area contributed by atoms with Crippen molar-refractivity contribution < 1.29 is 1.37 Å². The van der Waals surface area contributed by atoms with Gasteiger partial charge in [-0.05, 0) is 43.4 Å². The SMILES string of the molecule is [2H][C@@H]1C=C2CC3CC2C1C3. The van der Waals surface area contributed by atoms with E-state index in [2.05, 4.69) is 6.08 Å². The zero-order chi connectivity index (χ0) is 6.72. The van der Waals surface area contributed by atoms with Gasteiger partial charge in [0.15, 0.2) is 0 Å². The van der Waals surface area contributed by atoms with Crippen molar-refractivity contribution in [1.29, 1.82) is 0 Å². The van der Waals surface area contributed by atoms with Crippen LogP contribution >= 0.6 is 0 Å². The molecule has 0 aromatic rings. The molecule has 0 saturated heterocycles. The molecule has 0 radical (unpaired) electrons. The van der Waals surface area contributed by atoms with Crippen LogP contribution in [0.2, 0.25) is 0 Å². The lowest BCUT2D eigenvalue weighted by molar-refractivity contribution is 0.436. The molecule has 3 aliphatic rings. The zero-order valence-corrected chi connectivity index (χ0v) is 5.51. The fourth-order valence-electron chi connectivity index (χ4n) is 2.91. The Hall–Kier alpha value is -0.260.